The smallest absolute Gasteiger partial charge is 0.246 e. The molecule has 0 atom stereocenters. The lowest BCUT2D eigenvalue weighted by molar-refractivity contribution is 0.122. The molecule has 208 valence electrons. The quantitative estimate of drug-likeness (QED) is 0.239. The maximum Gasteiger partial charge on any atom is 0.246 e. The van der Waals surface area contributed by atoms with Crippen molar-refractivity contribution in [3.05, 3.63) is 47.5 Å². The van der Waals surface area contributed by atoms with Gasteiger partial charge in [0.1, 0.15) is 5.75 Å². The molecule has 2 aliphatic rings. The normalized spacial score (nSPS) is 17.3. The molecule has 0 bridgehead atoms. The summed E-state index contributed by atoms with van der Waals surface area (Å²) in [6.45, 7) is 10.6. The lowest BCUT2D eigenvalue weighted by Gasteiger charge is -2.33. The van der Waals surface area contributed by atoms with Crippen LogP contribution in [0.15, 0.2) is 36.0 Å². The van der Waals surface area contributed by atoms with E-state index < -0.39 is 10.0 Å². The van der Waals surface area contributed by atoms with E-state index in [0.29, 0.717) is 57.3 Å². The maximum atomic E-state index is 11.9. The van der Waals surface area contributed by atoms with Crippen LogP contribution >= 0.6 is 11.3 Å². The standard InChI is InChI=1S/C26H33N7O4S2/c1-4-5-19-14-18(2)15-20(23(19)34)17-27-30-26-28-21-16-22(31-6-8-33(9-7-31)39(3,35)36)38-24(21)25(29-26)32-10-12-37-13-11-32/h4,14-17,34H,1,5-13H2,2-3H3,(H,28,29,30)/b27-17+. The second kappa shape index (κ2) is 11.5. The van der Waals surface area contributed by atoms with Crippen LogP contribution in [0.1, 0.15) is 16.7 Å². The van der Waals surface area contributed by atoms with E-state index in [9.17, 15) is 13.5 Å². The van der Waals surface area contributed by atoms with E-state index >= 15 is 0 Å². The molecule has 4 heterocycles. The summed E-state index contributed by atoms with van der Waals surface area (Å²) in [6, 6.07) is 5.83. The number of hydrazone groups is 1. The first-order valence-corrected chi connectivity index (χ1v) is 15.5. The Morgan fingerprint density at radius 2 is 1.87 bits per heavy atom. The van der Waals surface area contributed by atoms with Crippen LogP contribution in [-0.4, -0.2) is 92.8 Å². The highest BCUT2D eigenvalue weighted by Crippen LogP contribution is 2.38. The van der Waals surface area contributed by atoms with Gasteiger partial charge < -0.3 is 19.6 Å². The predicted octanol–water partition coefficient (Wildman–Crippen LogP) is 2.80. The highest BCUT2D eigenvalue weighted by atomic mass is 32.2. The fourth-order valence-corrected chi connectivity index (χ4v) is 6.78. The van der Waals surface area contributed by atoms with E-state index in [1.54, 1.807) is 23.6 Å². The Morgan fingerprint density at radius 1 is 1.13 bits per heavy atom. The number of aromatic hydroxyl groups is 1. The fraction of sp³-hybridized carbons (Fsp3) is 0.423. The summed E-state index contributed by atoms with van der Waals surface area (Å²) in [6.07, 6.45) is 5.14. The molecule has 3 aromatic rings. The van der Waals surface area contributed by atoms with Crippen LogP contribution in [0.2, 0.25) is 0 Å². The van der Waals surface area contributed by atoms with Crippen LogP contribution in [0.4, 0.5) is 16.8 Å². The van der Waals surface area contributed by atoms with E-state index in [2.05, 4.69) is 26.9 Å². The van der Waals surface area contributed by atoms with Gasteiger partial charge in [0.2, 0.25) is 16.0 Å². The lowest BCUT2D eigenvalue weighted by Crippen LogP contribution is -2.48. The molecule has 2 fully saturated rings. The van der Waals surface area contributed by atoms with Gasteiger partial charge >= 0.3 is 0 Å². The number of rotatable bonds is 8. The molecule has 0 amide bonds. The number of morpholine rings is 1. The second-order valence-corrected chi connectivity index (χ2v) is 12.7. The van der Waals surface area contributed by atoms with Crippen molar-refractivity contribution in [1.82, 2.24) is 14.3 Å². The molecule has 2 saturated heterocycles. The van der Waals surface area contributed by atoms with Crippen molar-refractivity contribution in [1.29, 1.82) is 0 Å². The number of aromatic nitrogens is 2. The number of fused-ring (bicyclic) bond motifs is 1. The SMILES string of the molecule is C=CCc1cc(C)cc(/C=N/Nc2nc(N3CCOCC3)c3sc(N4CCN(S(C)(=O)=O)CC4)cc3n2)c1O. The number of thiophene rings is 1. The van der Waals surface area contributed by atoms with Crippen LogP contribution in [-0.2, 0) is 21.2 Å². The number of phenolic OH excluding ortho intramolecular Hbond substituents is 1. The molecule has 0 spiro atoms. The predicted molar refractivity (Wildman–Crippen MR) is 157 cm³/mol. The Hall–Kier alpha value is -3.26. The molecule has 2 aliphatic heterocycles. The van der Waals surface area contributed by atoms with Crippen LogP contribution in [0, 0.1) is 6.92 Å². The van der Waals surface area contributed by atoms with Crippen molar-refractivity contribution in [2.24, 2.45) is 5.10 Å². The van der Waals surface area contributed by atoms with Gasteiger partial charge in [-0.2, -0.15) is 14.4 Å². The number of hydrogen-bond donors (Lipinski definition) is 2. The molecule has 0 aliphatic carbocycles. The van der Waals surface area contributed by atoms with Crippen molar-refractivity contribution in [2.75, 3.05) is 74.0 Å². The molecule has 5 rings (SSSR count). The van der Waals surface area contributed by atoms with E-state index in [0.717, 1.165) is 45.3 Å². The zero-order valence-electron chi connectivity index (χ0n) is 22.1. The lowest BCUT2D eigenvalue weighted by atomic mass is 10.0. The van der Waals surface area contributed by atoms with Gasteiger partial charge in [-0.3, -0.25) is 0 Å². The third kappa shape index (κ3) is 6.16. The van der Waals surface area contributed by atoms with E-state index in [1.807, 2.05) is 25.1 Å². The summed E-state index contributed by atoms with van der Waals surface area (Å²) < 4.78 is 31.9. The molecule has 2 aromatic heterocycles. The summed E-state index contributed by atoms with van der Waals surface area (Å²) in [5.41, 5.74) is 6.15. The minimum absolute atomic E-state index is 0.176. The molecular formula is C26H33N7O4S2. The average Bonchev–Trinajstić information content (AvgIpc) is 3.35. The molecule has 11 nitrogen and oxygen atoms in total. The maximum absolute atomic E-state index is 11.9. The van der Waals surface area contributed by atoms with Crippen molar-refractivity contribution >= 4 is 54.6 Å². The molecule has 13 heteroatoms. The first kappa shape index (κ1) is 27.3. The van der Waals surface area contributed by atoms with Crippen LogP contribution in [0.3, 0.4) is 0 Å². The van der Waals surface area contributed by atoms with Gasteiger partial charge in [-0.05, 0) is 36.6 Å². The first-order valence-electron chi connectivity index (χ1n) is 12.8. The number of hydrogen-bond acceptors (Lipinski definition) is 11. The van der Waals surface area contributed by atoms with Gasteiger partial charge in [-0.1, -0.05) is 12.1 Å². The molecular weight excluding hydrogens is 538 g/mol. The largest absolute Gasteiger partial charge is 0.507 e. The zero-order valence-corrected chi connectivity index (χ0v) is 23.8. The van der Waals surface area contributed by atoms with Gasteiger partial charge in [-0.25, -0.2) is 18.8 Å². The number of nitrogens with one attached hydrogen (secondary N) is 1. The Morgan fingerprint density at radius 3 is 2.56 bits per heavy atom. The number of ether oxygens (including phenoxy) is 1. The molecule has 39 heavy (non-hydrogen) atoms. The number of piperazine rings is 1. The van der Waals surface area contributed by atoms with Crippen LogP contribution in [0.5, 0.6) is 5.75 Å². The van der Waals surface area contributed by atoms with Crippen LogP contribution in [0.25, 0.3) is 10.2 Å². The van der Waals surface area contributed by atoms with Crippen LogP contribution < -0.4 is 15.2 Å². The summed E-state index contributed by atoms with van der Waals surface area (Å²) in [4.78, 5) is 13.9. The monoisotopic (exact) mass is 571 g/mol. The average molecular weight is 572 g/mol. The Kier molecular flexibility index (Phi) is 8.03. The number of sulfonamides is 1. The summed E-state index contributed by atoms with van der Waals surface area (Å²) in [5, 5.41) is 16.0. The highest BCUT2D eigenvalue weighted by molar-refractivity contribution is 7.88. The van der Waals surface area contributed by atoms with E-state index in [4.69, 9.17) is 14.7 Å². The van der Waals surface area contributed by atoms with E-state index in [-0.39, 0.29) is 5.75 Å². The third-order valence-electron chi connectivity index (χ3n) is 6.77. The number of benzene rings is 1. The number of aryl methyl sites for hydroxylation is 1. The second-order valence-electron chi connectivity index (χ2n) is 9.64. The molecule has 1 aromatic carbocycles. The van der Waals surface area contributed by atoms with Gasteiger partial charge in [-0.15, -0.1) is 17.9 Å². The van der Waals surface area contributed by atoms with Gasteiger partial charge in [0, 0.05) is 44.8 Å². The molecule has 0 saturated carbocycles. The highest BCUT2D eigenvalue weighted by Gasteiger charge is 2.26. The van der Waals surface area contributed by atoms with Crippen molar-refractivity contribution in [2.45, 2.75) is 13.3 Å². The summed E-state index contributed by atoms with van der Waals surface area (Å²) in [7, 11) is -3.20. The Bertz CT molecular complexity index is 1490. The number of nitrogens with zero attached hydrogens (tertiary/aromatic N) is 6. The molecule has 2 N–H and O–H groups in total. The van der Waals surface area contributed by atoms with Gasteiger partial charge in [0.05, 0.1) is 40.9 Å². The summed E-state index contributed by atoms with van der Waals surface area (Å²) >= 11 is 1.62. The first-order chi connectivity index (χ1) is 18.7. The third-order valence-corrected chi connectivity index (χ3v) is 9.25. The van der Waals surface area contributed by atoms with Crippen molar-refractivity contribution in [3.63, 3.8) is 0 Å². The number of allylic oxidation sites excluding steroid dienone is 1. The molecule has 0 radical (unpaired) electrons. The topological polar surface area (TPSA) is 123 Å². The zero-order chi connectivity index (χ0) is 27.6. The Balaban J connectivity index is 1.42. The summed E-state index contributed by atoms with van der Waals surface area (Å²) in [5.74, 6) is 1.35. The fourth-order valence-electron chi connectivity index (χ4n) is 4.79. The van der Waals surface area contributed by atoms with Gasteiger partial charge in [0.25, 0.3) is 0 Å². The van der Waals surface area contributed by atoms with Crippen molar-refractivity contribution in [3.8, 4) is 5.75 Å². The number of anilines is 3. The van der Waals surface area contributed by atoms with E-state index in [1.165, 1.54) is 10.6 Å². The number of phenols is 1. The van der Waals surface area contributed by atoms with Crippen molar-refractivity contribution < 1.29 is 18.3 Å². The Labute approximate surface area is 232 Å². The minimum Gasteiger partial charge on any atom is -0.507 e. The minimum atomic E-state index is -3.20. The van der Waals surface area contributed by atoms with Gasteiger partial charge in [0.15, 0.2) is 5.82 Å². The molecule has 0 unspecified atom stereocenters.